The number of hydrogen-bond acceptors (Lipinski definition) is 5. The first-order valence-electron chi connectivity index (χ1n) is 20.3. The molecule has 5 aliphatic rings. The minimum atomic E-state index is -1.14. The van der Waals surface area contributed by atoms with Gasteiger partial charge in [0.15, 0.2) is 5.78 Å². The van der Waals surface area contributed by atoms with E-state index in [2.05, 4.69) is 84.1 Å². The molecule has 6 heteroatoms. The second kappa shape index (κ2) is 13.4. The Bertz CT molecular complexity index is 1540. The van der Waals surface area contributed by atoms with Gasteiger partial charge < -0.3 is 15.2 Å². The third-order valence-corrected chi connectivity index (χ3v) is 16.2. The van der Waals surface area contributed by atoms with E-state index in [-0.39, 0.29) is 45.5 Å². The van der Waals surface area contributed by atoms with Crippen LogP contribution >= 0.6 is 0 Å². The number of allylic oxidation sites excluding steroid dienone is 2. The summed E-state index contributed by atoms with van der Waals surface area (Å²) in [5.41, 5.74) is 3.17. The Labute approximate surface area is 308 Å². The smallest absolute Gasteiger partial charge is 0.309 e. The number of carboxylic acid groups (broad SMARTS) is 1. The van der Waals surface area contributed by atoms with E-state index >= 15 is 0 Å². The largest absolute Gasteiger partial charge is 0.481 e. The minimum absolute atomic E-state index is 0.00988. The topological polar surface area (TPSA) is 92.7 Å². The number of carbonyl (C=O) groups is 3. The summed E-state index contributed by atoms with van der Waals surface area (Å²) >= 11 is 0. The van der Waals surface area contributed by atoms with E-state index in [9.17, 15) is 19.5 Å². The van der Waals surface area contributed by atoms with Gasteiger partial charge in [-0.15, -0.1) is 0 Å². The molecule has 4 fully saturated rings. The Balaban J connectivity index is 1.22. The highest BCUT2D eigenvalue weighted by atomic mass is 16.5. The van der Waals surface area contributed by atoms with E-state index in [1.165, 1.54) is 24.0 Å². The molecule has 1 unspecified atom stereocenters. The molecule has 1 aromatic rings. The normalized spacial score (nSPS) is 37.3. The van der Waals surface area contributed by atoms with E-state index < -0.39 is 17.4 Å². The number of carbonyl (C=O) groups excluding carboxylic acids is 2. The lowest BCUT2D eigenvalue weighted by Gasteiger charge is -2.72. The SMILES string of the molecule is CC(C)C1=C2[C@H]3CC[C@@H]4[C@@]5(C)CC[C@H](OC(=O)CC(C)(C)C(=O)O)C(C)(C)C5CC[C@@]4(C)[C@]3(C)CC[C@@]2(CCNCCc2ccccc2)CC1=O. The van der Waals surface area contributed by atoms with Crippen LogP contribution in [-0.4, -0.2) is 42.0 Å². The van der Waals surface area contributed by atoms with Crippen molar-refractivity contribution in [3.05, 3.63) is 47.0 Å². The Morgan fingerprint density at radius 3 is 2.27 bits per heavy atom. The fourth-order valence-electron chi connectivity index (χ4n) is 13.2. The predicted molar refractivity (Wildman–Crippen MR) is 203 cm³/mol. The molecule has 0 radical (unpaired) electrons. The van der Waals surface area contributed by atoms with E-state index in [4.69, 9.17) is 4.74 Å². The number of Topliss-reactive ketones (excluding diaryl/α,β-unsaturated/α-hetero) is 1. The molecule has 6 rings (SSSR count). The molecule has 6 nitrogen and oxygen atoms in total. The average Bonchev–Trinajstić information content (AvgIpc) is 3.35. The third-order valence-electron chi connectivity index (χ3n) is 16.2. The number of ketones is 1. The van der Waals surface area contributed by atoms with Crippen LogP contribution in [0, 0.1) is 56.2 Å². The minimum Gasteiger partial charge on any atom is -0.481 e. The fourth-order valence-corrected chi connectivity index (χ4v) is 13.2. The molecule has 4 saturated carbocycles. The highest BCUT2D eigenvalue weighted by Gasteiger charge is 2.70. The molecule has 0 amide bonds. The Hall–Kier alpha value is -2.47. The molecule has 0 aliphatic heterocycles. The van der Waals surface area contributed by atoms with Crippen LogP contribution in [0.1, 0.15) is 139 Å². The van der Waals surface area contributed by atoms with Crippen LogP contribution in [0.25, 0.3) is 0 Å². The highest BCUT2D eigenvalue weighted by Crippen LogP contribution is 2.77. The molecule has 0 bridgehead atoms. The maximum atomic E-state index is 14.0. The van der Waals surface area contributed by atoms with Gasteiger partial charge in [0.1, 0.15) is 6.10 Å². The van der Waals surface area contributed by atoms with Crippen LogP contribution in [0.2, 0.25) is 0 Å². The Morgan fingerprint density at radius 2 is 1.61 bits per heavy atom. The molecular formula is C45H67NO5. The van der Waals surface area contributed by atoms with Crippen LogP contribution < -0.4 is 5.32 Å². The first-order chi connectivity index (χ1) is 23.8. The number of esters is 1. The summed E-state index contributed by atoms with van der Waals surface area (Å²) in [6.45, 7) is 22.0. The van der Waals surface area contributed by atoms with Crippen molar-refractivity contribution in [2.45, 2.75) is 145 Å². The molecule has 0 spiro atoms. The molecule has 282 valence electrons. The van der Waals surface area contributed by atoms with Crippen LogP contribution in [0.5, 0.6) is 0 Å². The summed E-state index contributed by atoms with van der Waals surface area (Å²) in [5, 5.41) is 13.4. The molecular weight excluding hydrogens is 634 g/mol. The molecule has 5 aliphatic carbocycles. The van der Waals surface area contributed by atoms with Crippen LogP contribution in [0.4, 0.5) is 0 Å². The van der Waals surface area contributed by atoms with Crippen molar-refractivity contribution in [3.8, 4) is 0 Å². The van der Waals surface area contributed by atoms with Crippen molar-refractivity contribution >= 4 is 17.7 Å². The van der Waals surface area contributed by atoms with Crippen molar-refractivity contribution in [1.29, 1.82) is 0 Å². The van der Waals surface area contributed by atoms with Gasteiger partial charge >= 0.3 is 11.9 Å². The first-order valence-corrected chi connectivity index (χ1v) is 20.3. The van der Waals surface area contributed by atoms with Gasteiger partial charge in [0.05, 0.1) is 11.8 Å². The number of hydrogen-bond donors (Lipinski definition) is 2. The zero-order chi connectivity index (χ0) is 37.2. The van der Waals surface area contributed by atoms with Gasteiger partial charge in [-0.1, -0.05) is 84.4 Å². The maximum absolute atomic E-state index is 14.0. The summed E-state index contributed by atoms with van der Waals surface area (Å²) in [6, 6.07) is 10.7. The summed E-state index contributed by atoms with van der Waals surface area (Å²) in [5.74, 6) is 0.738. The lowest BCUT2D eigenvalue weighted by atomic mass is 9.33. The van der Waals surface area contributed by atoms with E-state index in [0.29, 0.717) is 30.0 Å². The molecule has 51 heavy (non-hydrogen) atoms. The van der Waals surface area contributed by atoms with Crippen molar-refractivity contribution in [2.24, 2.45) is 56.2 Å². The highest BCUT2D eigenvalue weighted by molar-refractivity contribution is 6.00. The zero-order valence-corrected chi connectivity index (χ0v) is 33.3. The van der Waals surface area contributed by atoms with Gasteiger partial charge in [-0.3, -0.25) is 14.4 Å². The number of nitrogens with one attached hydrogen (secondary N) is 1. The molecule has 8 atom stereocenters. The molecule has 0 heterocycles. The van der Waals surface area contributed by atoms with Crippen molar-refractivity contribution in [2.75, 3.05) is 13.1 Å². The fraction of sp³-hybridized carbons (Fsp3) is 0.756. The standard InChI is InChI=1S/C45H67NO5/c1-29(2)37-32(47)27-45(24-26-46-25-19-30-13-11-10-12-14-30)23-22-43(8)31(38(37)45)15-16-34-42(7)20-18-35(51-36(48)28-40(3,4)39(49)50)41(5,6)33(42)17-21-44(34,43)9/h10-14,29,31,33-35,46H,15-28H2,1-9H3,(H,49,50)/t31-,33?,34-,35+,42+,43-,44-,45-/m1/s1. The maximum Gasteiger partial charge on any atom is 0.309 e. The quantitative estimate of drug-likeness (QED) is 0.176. The van der Waals surface area contributed by atoms with Gasteiger partial charge in [-0.2, -0.15) is 0 Å². The number of ether oxygens (including phenoxy) is 1. The number of fused-ring (bicyclic) bond motifs is 7. The van der Waals surface area contributed by atoms with Gasteiger partial charge in [0.2, 0.25) is 0 Å². The van der Waals surface area contributed by atoms with Crippen LogP contribution in [0.15, 0.2) is 41.5 Å². The molecule has 2 N–H and O–H groups in total. The van der Waals surface area contributed by atoms with Gasteiger partial charge in [-0.25, -0.2) is 0 Å². The monoisotopic (exact) mass is 702 g/mol. The molecule has 1 aromatic carbocycles. The Kier molecular flexibility index (Phi) is 10.1. The number of aliphatic carboxylic acids is 1. The summed E-state index contributed by atoms with van der Waals surface area (Å²) in [7, 11) is 0. The molecule has 0 saturated heterocycles. The third kappa shape index (κ3) is 6.25. The van der Waals surface area contributed by atoms with Crippen LogP contribution in [-0.2, 0) is 25.5 Å². The second-order valence-corrected chi connectivity index (χ2v) is 19.9. The van der Waals surface area contributed by atoms with Crippen molar-refractivity contribution in [1.82, 2.24) is 5.32 Å². The zero-order valence-electron chi connectivity index (χ0n) is 33.3. The van der Waals surface area contributed by atoms with E-state index in [1.54, 1.807) is 19.4 Å². The summed E-state index contributed by atoms with van der Waals surface area (Å²) < 4.78 is 6.18. The summed E-state index contributed by atoms with van der Waals surface area (Å²) in [4.78, 5) is 38.8. The van der Waals surface area contributed by atoms with Crippen LogP contribution in [0.3, 0.4) is 0 Å². The van der Waals surface area contributed by atoms with Crippen molar-refractivity contribution < 1.29 is 24.2 Å². The number of carboxylic acids is 1. The van der Waals surface area contributed by atoms with E-state index in [1.807, 2.05) is 0 Å². The lowest BCUT2D eigenvalue weighted by Crippen LogP contribution is -2.65. The summed E-state index contributed by atoms with van der Waals surface area (Å²) in [6.07, 6.45) is 11.2. The second-order valence-electron chi connectivity index (χ2n) is 19.9. The van der Waals surface area contributed by atoms with Gasteiger partial charge in [-0.05, 0) is 142 Å². The average molecular weight is 702 g/mol. The molecule has 0 aromatic heterocycles. The van der Waals surface area contributed by atoms with Crippen molar-refractivity contribution in [3.63, 3.8) is 0 Å². The lowest BCUT2D eigenvalue weighted by molar-refractivity contribution is -0.233. The predicted octanol–water partition coefficient (Wildman–Crippen LogP) is 9.60. The number of rotatable bonds is 11. The Morgan fingerprint density at radius 1 is 0.902 bits per heavy atom. The first kappa shape index (κ1) is 38.3. The van der Waals surface area contributed by atoms with E-state index in [0.717, 1.165) is 64.5 Å². The number of benzene rings is 1. The van der Waals surface area contributed by atoms with Gasteiger partial charge in [0.25, 0.3) is 0 Å². The van der Waals surface area contributed by atoms with Gasteiger partial charge in [0, 0.05) is 17.3 Å².